The molecule has 3 nitrogen and oxygen atoms in total. The van der Waals surface area contributed by atoms with Gasteiger partial charge in [0.1, 0.15) is 5.82 Å². The molecule has 1 aromatic rings. The van der Waals surface area contributed by atoms with Crippen LogP contribution in [0.25, 0.3) is 0 Å². The van der Waals surface area contributed by atoms with Crippen LogP contribution < -0.4 is 5.73 Å². The van der Waals surface area contributed by atoms with Crippen molar-refractivity contribution in [3.8, 4) is 0 Å². The molecule has 1 amide bonds. The summed E-state index contributed by atoms with van der Waals surface area (Å²) in [6.07, 6.45) is 2.35. The topological polar surface area (TPSA) is 46.3 Å². The first-order valence-electron chi connectivity index (χ1n) is 6.84. The lowest BCUT2D eigenvalue weighted by atomic mass is 9.92. The van der Waals surface area contributed by atoms with E-state index >= 15 is 0 Å². The Bertz CT molecular complexity index is 448. The highest BCUT2D eigenvalue weighted by Gasteiger charge is 2.25. The van der Waals surface area contributed by atoms with Gasteiger partial charge in [-0.25, -0.2) is 4.39 Å². The smallest absolute Gasteiger partial charge is 0.227 e. The van der Waals surface area contributed by atoms with Gasteiger partial charge in [-0.3, -0.25) is 4.79 Å². The van der Waals surface area contributed by atoms with Gasteiger partial charge < -0.3 is 10.6 Å². The quantitative estimate of drug-likeness (QED) is 0.907. The minimum absolute atomic E-state index is 0.0657. The summed E-state index contributed by atoms with van der Waals surface area (Å²) in [7, 11) is 0. The van der Waals surface area contributed by atoms with E-state index in [1.807, 2.05) is 11.8 Å². The number of piperidine rings is 1. The fraction of sp³-hybridized carbons (Fsp3) is 0.533. The summed E-state index contributed by atoms with van der Waals surface area (Å²) in [5.74, 6) is 0.151. The summed E-state index contributed by atoms with van der Waals surface area (Å²) in [5, 5.41) is 0. The van der Waals surface area contributed by atoms with Crippen LogP contribution in [-0.4, -0.2) is 29.9 Å². The van der Waals surface area contributed by atoms with Crippen LogP contribution in [-0.2, 0) is 11.2 Å². The molecular weight excluding hydrogens is 243 g/mol. The molecule has 0 aromatic heterocycles. The first-order chi connectivity index (χ1) is 9.06. The van der Waals surface area contributed by atoms with Crippen molar-refractivity contribution in [2.45, 2.75) is 32.2 Å². The molecule has 1 fully saturated rings. The SMILES string of the molecule is CC(N)C1CCCN(C(=O)Cc2cccc(F)c2)C1. The van der Waals surface area contributed by atoms with Crippen molar-refractivity contribution in [1.82, 2.24) is 4.90 Å². The van der Waals surface area contributed by atoms with E-state index in [4.69, 9.17) is 5.73 Å². The van der Waals surface area contributed by atoms with E-state index in [9.17, 15) is 9.18 Å². The molecule has 19 heavy (non-hydrogen) atoms. The van der Waals surface area contributed by atoms with E-state index in [1.165, 1.54) is 12.1 Å². The van der Waals surface area contributed by atoms with Gasteiger partial charge in [0.2, 0.25) is 5.91 Å². The number of carbonyl (C=O) groups is 1. The molecule has 1 heterocycles. The number of hydrogen-bond donors (Lipinski definition) is 1. The largest absolute Gasteiger partial charge is 0.342 e. The molecule has 2 rings (SSSR count). The van der Waals surface area contributed by atoms with Crippen molar-refractivity contribution in [3.05, 3.63) is 35.6 Å². The van der Waals surface area contributed by atoms with Crippen LogP contribution in [0.15, 0.2) is 24.3 Å². The molecule has 1 aliphatic heterocycles. The number of nitrogens with two attached hydrogens (primary N) is 1. The van der Waals surface area contributed by atoms with Gasteiger partial charge in [-0.15, -0.1) is 0 Å². The maximum absolute atomic E-state index is 13.1. The van der Waals surface area contributed by atoms with Crippen molar-refractivity contribution in [1.29, 1.82) is 0 Å². The highest BCUT2D eigenvalue weighted by atomic mass is 19.1. The average molecular weight is 264 g/mol. The Morgan fingerprint density at radius 3 is 3.05 bits per heavy atom. The monoisotopic (exact) mass is 264 g/mol. The van der Waals surface area contributed by atoms with E-state index in [1.54, 1.807) is 12.1 Å². The number of hydrogen-bond acceptors (Lipinski definition) is 2. The Morgan fingerprint density at radius 1 is 1.58 bits per heavy atom. The van der Waals surface area contributed by atoms with Crippen LogP contribution in [0.5, 0.6) is 0 Å². The van der Waals surface area contributed by atoms with Gasteiger partial charge >= 0.3 is 0 Å². The van der Waals surface area contributed by atoms with E-state index in [-0.39, 0.29) is 24.2 Å². The molecule has 0 saturated carbocycles. The molecule has 2 atom stereocenters. The molecule has 0 bridgehead atoms. The second-order valence-corrected chi connectivity index (χ2v) is 5.41. The van der Waals surface area contributed by atoms with Crippen molar-refractivity contribution < 1.29 is 9.18 Å². The fourth-order valence-corrected chi connectivity index (χ4v) is 2.60. The van der Waals surface area contributed by atoms with Gasteiger partial charge in [0.05, 0.1) is 6.42 Å². The third-order valence-electron chi connectivity index (χ3n) is 3.80. The summed E-state index contributed by atoms with van der Waals surface area (Å²) in [5.41, 5.74) is 6.64. The second-order valence-electron chi connectivity index (χ2n) is 5.41. The average Bonchev–Trinajstić information content (AvgIpc) is 2.39. The Hall–Kier alpha value is -1.42. The maximum Gasteiger partial charge on any atom is 0.227 e. The third kappa shape index (κ3) is 3.77. The molecule has 1 aliphatic rings. The Balaban J connectivity index is 1.96. The predicted molar refractivity (Wildman–Crippen MR) is 73.1 cm³/mol. The van der Waals surface area contributed by atoms with Crippen molar-refractivity contribution >= 4 is 5.91 Å². The lowest BCUT2D eigenvalue weighted by molar-refractivity contribution is -0.132. The summed E-state index contributed by atoms with van der Waals surface area (Å²) in [6.45, 7) is 3.51. The lowest BCUT2D eigenvalue weighted by Gasteiger charge is -2.34. The van der Waals surface area contributed by atoms with Crippen LogP contribution in [0.4, 0.5) is 4.39 Å². The zero-order valence-corrected chi connectivity index (χ0v) is 11.3. The van der Waals surface area contributed by atoms with E-state index in [2.05, 4.69) is 0 Å². The lowest BCUT2D eigenvalue weighted by Crippen LogP contribution is -2.45. The number of carbonyl (C=O) groups excluding carboxylic acids is 1. The molecule has 2 N–H and O–H groups in total. The van der Waals surface area contributed by atoms with E-state index in [0.29, 0.717) is 5.92 Å². The summed E-state index contributed by atoms with van der Waals surface area (Å²) in [6, 6.07) is 6.35. The van der Waals surface area contributed by atoms with Crippen LogP contribution in [0, 0.1) is 11.7 Å². The summed E-state index contributed by atoms with van der Waals surface area (Å²) in [4.78, 5) is 14.1. The maximum atomic E-state index is 13.1. The Morgan fingerprint density at radius 2 is 2.37 bits per heavy atom. The number of nitrogens with zero attached hydrogens (tertiary/aromatic N) is 1. The molecular formula is C15H21FN2O. The molecule has 0 radical (unpaired) electrons. The van der Waals surface area contributed by atoms with Crippen LogP contribution in [0.2, 0.25) is 0 Å². The summed E-state index contributed by atoms with van der Waals surface area (Å²) < 4.78 is 13.1. The van der Waals surface area contributed by atoms with Gasteiger partial charge in [-0.2, -0.15) is 0 Å². The minimum Gasteiger partial charge on any atom is -0.342 e. The first kappa shape index (κ1) is 14.0. The molecule has 0 aliphatic carbocycles. The highest BCUT2D eigenvalue weighted by Crippen LogP contribution is 2.19. The molecule has 2 unspecified atom stereocenters. The standard InChI is InChI=1S/C15H21FN2O/c1-11(17)13-5-3-7-18(10-13)15(19)9-12-4-2-6-14(16)8-12/h2,4,6,8,11,13H,3,5,7,9-10,17H2,1H3. The third-order valence-corrected chi connectivity index (χ3v) is 3.80. The zero-order valence-electron chi connectivity index (χ0n) is 11.3. The zero-order chi connectivity index (χ0) is 13.8. The first-order valence-corrected chi connectivity index (χ1v) is 6.84. The number of benzene rings is 1. The van der Waals surface area contributed by atoms with E-state index < -0.39 is 0 Å². The van der Waals surface area contributed by atoms with Crippen LogP contribution in [0.3, 0.4) is 0 Å². The second kappa shape index (κ2) is 6.15. The Kier molecular flexibility index (Phi) is 4.53. The van der Waals surface area contributed by atoms with Crippen molar-refractivity contribution in [2.75, 3.05) is 13.1 Å². The van der Waals surface area contributed by atoms with Gasteiger partial charge in [0.25, 0.3) is 0 Å². The van der Waals surface area contributed by atoms with Gasteiger partial charge in [-0.1, -0.05) is 12.1 Å². The molecule has 1 aromatic carbocycles. The van der Waals surface area contributed by atoms with Crippen LogP contribution in [0.1, 0.15) is 25.3 Å². The number of likely N-dealkylation sites (tertiary alicyclic amines) is 1. The Labute approximate surface area is 113 Å². The predicted octanol–water partition coefficient (Wildman–Crippen LogP) is 1.95. The molecule has 4 heteroatoms. The minimum atomic E-state index is -0.294. The molecule has 1 saturated heterocycles. The van der Waals surface area contributed by atoms with E-state index in [0.717, 1.165) is 31.5 Å². The number of rotatable bonds is 3. The van der Waals surface area contributed by atoms with Crippen LogP contribution >= 0.6 is 0 Å². The van der Waals surface area contributed by atoms with Gasteiger partial charge in [0.15, 0.2) is 0 Å². The molecule has 104 valence electrons. The highest BCUT2D eigenvalue weighted by molar-refractivity contribution is 5.78. The summed E-state index contributed by atoms with van der Waals surface area (Å²) >= 11 is 0. The fourth-order valence-electron chi connectivity index (χ4n) is 2.60. The number of halogens is 1. The van der Waals surface area contributed by atoms with Crippen molar-refractivity contribution in [2.24, 2.45) is 11.7 Å². The van der Waals surface area contributed by atoms with Gasteiger partial charge in [0, 0.05) is 19.1 Å². The van der Waals surface area contributed by atoms with Crippen molar-refractivity contribution in [3.63, 3.8) is 0 Å². The van der Waals surface area contributed by atoms with Gasteiger partial charge in [-0.05, 0) is 43.4 Å². The number of amides is 1. The molecule has 0 spiro atoms. The normalized spacial score (nSPS) is 21.2.